The minimum absolute atomic E-state index is 0.0555. The number of nitrogens with zero attached hydrogens (tertiary/aromatic N) is 2. The Balaban J connectivity index is 1.88. The molecule has 0 aliphatic heterocycles. The van der Waals surface area contributed by atoms with Crippen LogP contribution in [0.1, 0.15) is 36.7 Å². The quantitative estimate of drug-likeness (QED) is 0.235. The van der Waals surface area contributed by atoms with Gasteiger partial charge in [0.05, 0.1) is 6.61 Å². The van der Waals surface area contributed by atoms with Gasteiger partial charge in [-0.15, -0.1) is 11.3 Å². The van der Waals surface area contributed by atoms with Crippen molar-refractivity contribution < 1.29 is 14.3 Å². The van der Waals surface area contributed by atoms with E-state index in [4.69, 9.17) is 4.74 Å². The molecule has 1 aromatic heterocycles. The average molecular weight is 474 g/mol. The highest BCUT2D eigenvalue weighted by Gasteiger charge is 2.23. The number of nitriles is 1. The van der Waals surface area contributed by atoms with Crippen LogP contribution in [0, 0.1) is 11.3 Å². The summed E-state index contributed by atoms with van der Waals surface area (Å²) in [5.41, 5.74) is 3.56. The number of ether oxygens (including phenoxy) is 1. The van der Waals surface area contributed by atoms with E-state index in [2.05, 4.69) is 24.1 Å². The van der Waals surface area contributed by atoms with Gasteiger partial charge in [0.25, 0.3) is 5.91 Å². The van der Waals surface area contributed by atoms with E-state index in [1.54, 1.807) is 12.3 Å². The van der Waals surface area contributed by atoms with Gasteiger partial charge in [0.1, 0.15) is 22.2 Å². The number of hydrogen-bond acceptors (Lipinski definition) is 6. The second-order valence-electron chi connectivity index (χ2n) is 7.33. The zero-order valence-corrected chi connectivity index (χ0v) is 20.3. The van der Waals surface area contributed by atoms with Gasteiger partial charge in [0, 0.05) is 29.7 Å². The van der Waals surface area contributed by atoms with Crippen molar-refractivity contribution in [3.05, 3.63) is 76.7 Å². The van der Waals surface area contributed by atoms with Gasteiger partial charge in [-0.3, -0.25) is 4.79 Å². The number of anilines is 2. The third kappa shape index (κ3) is 5.72. The fraction of sp³-hybridized carbons (Fsp3) is 0.222. The standard InChI is InChI=1S/C27H27N3O3S/c1-4-30(5-2)22-14-12-19(13-15-22)16-21(17-28)25(31)29-26-24(27(32)33-6-3)23(18-34-26)20-10-8-7-9-11-20/h7-16,18H,4-6H2,1-3H3,(H,29,31)/b21-16-. The molecule has 0 saturated heterocycles. The molecule has 6 nitrogen and oxygen atoms in total. The number of amides is 1. The van der Waals surface area contributed by atoms with Crippen LogP contribution in [-0.4, -0.2) is 31.6 Å². The molecular formula is C27H27N3O3S. The Morgan fingerprint density at radius 2 is 1.74 bits per heavy atom. The van der Waals surface area contributed by atoms with Crippen LogP contribution in [0.2, 0.25) is 0 Å². The molecule has 0 unspecified atom stereocenters. The summed E-state index contributed by atoms with van der Waals surface area (Å²) in [5.74, 6) is -1.10. The number of carbonyl (C=O) groups is 2. The van der Waals surface area contributed by atoms with Crippen molar-refractivity contribution in [1.29, 1.82) is 5.26 Å². The maximum Gasteiger partial charge on any atom is 0.341 e. The second-order valence-corrected chi connectivity index (χ2v) is 8.21. The predicted molar refractivity (Wildman–Crippen MR) is 138 cm³/mol. The summed E-state index contributed by atoms with van der Waals surface area (Å²) in [5, 5.41) is 14.5. The summed E-state index contributed by atoms with van der Waals surface area (Å²) in [6.45, 7) is 7.91. The van der Waals surface area contributed by atoms with Gasteiger partial charge >= 0.3 is 5.97 Å². The van der Waals surface area contributed by atoms with E-state index in [9.17, 15) is 14.9 Å². The molecule has 0 aliphatic rings. The molecule has 3 rings (SSSR count). The highest BCUT2D eigenvalue weighted by atomic mass is 32.1. The molecule has 0 aliphatic carbocycles. The van der Waals surface area contributed by atoms with Crippen molar-refractivity contribution in [3.8, 4) is 17.2 Å². The van der Waals surface area contributed by atoms with Crippen molar-refractivity contribution in [2.24, 2.45) is 0 Å². The lowest BCUT2D eigenvalue weighted by atomic mass is 10.0. The smallest absolute Gasteiger partial charge is 0.341 e. The minimum atomic E-state index is -0.581. The number of benzene rings is 2. The van der Waals surface area contributed by atoms with Crippen LogP contribution in [0.4, 0.5) is 10.7 Å². The Bertz CT molecular complexity index is 1200. The summed E-state index contributed by atoms with van der Waals surface area (Å²) >= 11 is 1.22. The van der Waals surface area contributed by atoms with Gasteiger partial charge in [0.2, 0.25) is 0 Å². The Morgan fingerprint density at radius 1 is 1.06 bits per heavy atom. The van der Waals surface area contributed by atoms with E-state index in [-0.39, 0.29) is 17.7 Å². The summed E-state index contributed by atoms with van der Waals surface area (Å²) in [7, 11) is 0. The number of thiophene rings is 1. The Morgan fingerprint density at radius 3 is 2.32 bits per heavy atom. The van der Waals surface area contributed by atoms with Crippen molar-refractivity contribution >= 4 is 40.0 Å². The Labute approximate surface area is 204 Å². The predicted octanol–water partition coefficient (Wildman–Crippen LogP) is 5.98. The van der Waals surface area contributed by atoms with Crippen LogP contribution in [-0.2, 0) is 9.53 Å². The first-order chi connectivity index (χ1) is 16.5. The molecule has 34 heavy (non-hydrogen) atoms. The van der Waals surface area contributed by atoms with Crippen LogP contribution in [0.3, 0.4) is 0 Å². The molecule has 1 heterocycles. The van der Waals surface area contributed by atoms with Gasteiger partial charge in [-0.2, -0.15) is 5.26 Å². The fourth-order valence-corrected chi connectivity index (χ4v) is 4.49. The molecule has 0 bridgehead atoms. The van der Waals surface area contributed by atoms with Crippen molar-refractivity contribution in [2.75, 3.05) is 29.9 Å². The van der Waals surface area contributed by atoms with Gasteiger partial charge in [-0.1, -0.05) is 42.5 Å². The zero-order chi connectivity index (χ0) is 24.5. The fourth-order valence-electron chi connectivity index (χ4n) is 3.54. The maximum atomic E-state index is 12.9. The summed E-state index contributed by atoms with van der Waals surface area (Å²) in [6, 6.07) is 19.1. The molecule has 174 valence electrons. The SMILES string of the molecule is CCOC(=O)c1c(-c2ccccc2)csc1NC(=O)/C(C#N)=C\c1ccc(N(CC)CC)cc1. The molecule has 7 heteroatoms. The van der Waals surface area contributed by atoms with Gasteiger partial charge in [-0.25, -0.2) is 4.79 Å². The first-order valence-corrected chi connectivity index (χ1v) is 12.0. The first kappa shape index (κ1) is 24.7. The van der Waals surface area contributed by atoms with E-state index >= 15 is 0 Å². The van der Waals surface area contributed by atoms with Crippen molar-refractivity contribution in [3.63, 3.8) is 0 Å². The molecule has 2 aromatic carbocycles. The first-order valence-electron chi connectivity index (χ1n) is 11.1. The number of rotatable bonds is 9. The summed E-state index contributed by atoms with van der Waals surface area (Å²) in [6.07, 6.45) is 1.54. The molecular weight excluding hydrogens is 446 g/mol. The second kappa shape index (κ2) is 11.8. The highest BCUT2D eigenvalue weighted by Crippen LogP contribution is 2.36. The monoisotopic (exact) mass is 473 g/mol. The number of esters is 1. The van der Waals surface area contributed by atoms with Crippen molar-refractivity contribution in [1.82, 2.24) is 0 Å². The third-order valence-corrected chi connectivity index (χ3v) is 6.18. The maximum absolute atomic E-state index is 12.9. The number of hydrogen-bond donors (Lipinski definition) is 1. The largest absolute Gasteiger partial charge is 0.462 e. The Hall–Kier alpha value is -3.89. The molecule has 0 saturated carbocycles. The van der Waals surface area contributed by atoms with Crippen LogP contribution in [0.15, 0.2) is 65.6 Å². The normalized spacial score (nSPS) is 10.9. The number of nitrogens with one attached hydrogen (secondary N) is 1. The molecule has 0 atom stereocenters. The summed E-state index contributed by atoms with van der Waals surface area (Å²) < 4.78 is 5.23. The highest BCUT2D eigenvalue weighted by molar-refractivity contribution is 7.15. The van der Waals surface area contributed by atoms with E-state index in [0.717, 1.165) is 29.9 Å². The van der Waals surface area contributed by atoms with Crippen LogP contribution >= 0.6 is 11.3 Å². The molecule has 0 spiro atoms. The lowest BCUT2D eigenvalue weighted by molar-refractivity contribution is -0.112. The van der Waals surface area contributed by atoms with Gasteiger partial charge in [0.15, 0.2) is 0 Å². The van der Waals surface area contributed by atoms with E-state index in [1.807, 2.05) is 60.7 Å². The molecule has 3 aromatic rings. The minimum Gasteiger partial charge on any atom is -0.462 e. The van der Waals surface area contributed by atoms with Crippen LogP contribution in [0.25, 0.3) is 17.2 Å². The molecule has 0 radical (unpaired) electrons. The molecule has 1 N–H and O–H groups in total. The lowest BCUT2D eigenvalue weighted by Gasteiger charge is -2.20. The molecule has 1 amide bonds. The lowest BCUT2D eigenvalue weighted by Crippen LogP contribution is -2.21. The van der Waals surface area contributed by atoms with E-state index in [1.165, 1.54) is 17.4 Å². The van der Waals surface area contributed by atoms with Crippen LogP contribution in [0.5, 0.6) is 0 Å². The summed E-state index contributed by atoms with van der Waals surface area (Å²) in [4.78, 5) is 27.9. The van der Waals surface area contributed by atoms with Gasteiger partial charge < -0.3 is 15.0 Å². The van der Waals surface area contributed by atoms with Crippen LogP contribution < -0.4 is 10.2 Å². The topological polar surface area (TPSA) is 82.4 Å². The van der Waals surface area contributed by atoms with E-state index in [0.29, 0.717) is 10.6 Å². The van der Waals surface area contributed by atoms with Gasteiger partial charge in [-0.05, 0) is 50.1 Å². The zero-order valence-electron chi connectivity index (χ0n) is 19.5. The Kier molecular flexibility index (Phi) is 8.60. The van der Waals surface area contributed by atoms with Crippen molar-refractivity contribution in [2.45, 2.75) is 20.8 Å². The number of carbonyl (C=O) groups excluding carboxylic acids is 2. The van der Waals surface area contributed by atoms with E-state index < -0.39 is 11.9 Å². The molecule has 0 fully saturated rings. The third-order valence-electron chi connectivity index (χ3n) is 5.28. The average Bonchev–Trinajstić information content (AvgIpc) is 3.28.